The maximum Gasteiger partial charge on any atom is 0.355 e. The van der Waals surface area contributed by atoms with E-state index in [1.807, 2.05) is 44.2 Å². The second-order valence-corrected chi connectivity index (χ2v) is 5.21. The summed E-state index contributed by atoms with van der Waals surface area (Å²) in [5.74, 6) is -0.823. The highest BCUT2D eigenvalue weighted by atomic mass is 32.1. The lowest BCUT2D eigenvalue weighted by Gasteiger charge is -2.01. The third-order valence-electron chi connectivity index (χ3n) is 2.41. The fourth-order valence-electron chi connectivity index (χ4n) is 1.57. The zero-order valence-corrected chi connectivity index (χ0v) is 11.0. The Hall–Kier alpha value is -1.88. The fourth-order valence-corrected chi connectivity index (χ4v) is 2.55. The molecule has 4 nitrogen and oxygen atoms in total. The van der Waals surface area contributed by atoms with Gasteiger partial charge in [0.25, 0.3) is 0 Å². The van der Waals surface area contributed by atoms with E-state index < -0.39 is 5.97 Å². The van der Waals surface area contributed by atoms with Crippen molar-refractivity contribution in [1.82, 2.24) is 4.98 Å². The van der Waals surface area contributed by atoms with Gasteiger partial charge in [-0.1, -0.05) is 32.0 Å². The predicted molar refractivity (Wildman–Crippen MR) is 72.9 cm³/mol. The van der Waals surface area contributed by atoms with Crippen molar-refractivity contribution in [3.05, 3.63) is 40.9 Å². The molecule has 0 bridgehead atoms. The van der Waals surface area contributed by atoms with Crippen LogP contribution in [0.4, 0.5) is 10.8 Å². The Labute approximate surface area is 109 Å². The molecule has 0 atom stereocenters. The van der Waals surface area contributed by atoms with Crippen molar-refractivity contribution in [2.45, 2.75) is 19.8 Å². The molecule has 0 spiro atoms. The first-order chi connectivity index (χ1) is 8.58. The van der Waals surface area contributed by atoms with Crippen LogP contribution in [0.15, 0.2) is 30.3 Å². The second-order valence-electron chi connectivity index (χ2n) is 4.18. The fraction of sp³-hybridized carbons (Fsp3) is 0.231. The number of anilines is 2. The molecular formula is C13H14N2O2S. The lowest BCUT2D eigenvalue weighted by molar-refractivity contribution is 0.0690. The molecule has 0 saturated heterocycles. The number of hydrogen-bond donors (Lipinski definition) is 2. The standard InChI is InChI=1S/C13H14N2O2S/c1-8(2)11-10(12(16)17)15-13(18-11)14-9-6-4-3-5-7-9/h3-8H,1-2H3,(H,14,15)(H,16,17). The third-order valence-corrected chi connectivity index (χ3v) is 3.68. The van der Waals surface area contributed by atoms with Gasteiger partial charge in [0.1, 0.15) is 0 Å². The van der Waals surface area contributed by atoms with Crippen LogP contribution < -0.4 is 5.32 Å². The molecule has 94 valence electrons. The van der Waals surface area contributed by atoms with Gasteiger partial charge in [-0.05, 0) is 18.1 Å². The van der Waals surface area contributed by atoms with Gasteiger partial charge in [-0.3, -0.25) is 0 Å². The Morgan fingerprint density at radius 3 is 2.50 bits per heavy atom. The van der Waals surface area contributed by atoms with Crippen LogP contribution in [0.2, 0.25) is 0 Å². The molecule has 2 N–H and O–H groups in total. The van der Waals surface area contributed by atoms with E-state index in [2.05, 4.69) is 10.3 Å². The summed E-state index contributed by atoms with van der Waals surface area (Å²) in [6.45, 7) is 3.93. The monoisotopic (exact) mass is 262 g/mol. The van der Waals surface area contributed by atoms with Crippen molar-refractivity contribution in [1.29, 1.82) is 0 Å². The van der Waals surface area contributed by atoms with Crippen molar-refractivity contribution in [2.24, 2.45) is 0 Å². The van der Waals surface area contributed by atoms with Crippen LogP contribution in [0, 0.1) is 0 Å². The third kappa shape index (κ3) is 2.68. The van der Waals surface area contributed by atoms with Gasteiger partial charge in [0.2, 0.25) is 0 Å². The lowest BCUT2D eigenvalue weighted by Crippen LogP contribution is -2.02. The molecule has 0 aliphatic carbocycles. The Morgan fingerprint density at radius 2 is 2.00 bits per heavy atom. The van der Waals surface area contributed by atoms with Crippen LogP contribution in [0.3, 0.4) is 0 Å². The molecule has 2 aromatic rings. The highest BCUT2D eigenvalue weighted by molar-refractivity contribution is 7.16. The van der Waals surface area contributed by atoms with Gasteiger partial charge in [-0.25, -0.2) is 9.78 Å². The maximum atomic E-state index is 11.1. The quantitative estimate of drug-likeness (QED) is 0.881. The van der Waals surface area contributed by atoms with E-state index in [0.717, 1.165) is 10.6 Å². The molecular weight excluding hydrogens is 248 g/mol. The summed E-state index contributed by atoms with van der Waals surface area (Å²) in [7, 11) is 0. The molecule has 18 heavy (non-hydrogen) atoms. The van der Waals surface area contributed by atoms with Crippen LogP contribution in [0.25, 0.3) is 0 Å². The van der Waals surface area contributed by atoms with E-state index >= 15 is 0 Å². The van der Waals surface area contributed by atoms with Gasteiger partial charge < -0.3 is 10.4 Å². The molecule has 1 aromatic carbocycles. The Kier molecular flexibility index (Phi) is 3.62. The van der Waals surface area contributed by atoms with Gasteiger partial charge in [0.15, 0.2) is 10.8 Å². The van der Waals surface area contributed by atoms with Gasteiger partial charge in [0, 0.05) is 10.6 Å². The molecule has 0 aliphatic rings. The number of benzene rings is 1. The zero-order chi connectivity index (χ0) is 13.1. The summed E-state index contributed by atoms with van der Waals surface area (Å²) in [6.07, 6.45) is 0. The van der Waals surface area contributed by atoms with E-state index in [9.17, 15) is 4.79 Å². The molecule has 0 radical (unpaired) electrons. The first kappa shape index (κ1) is 12.6. The van der Waals surface area contributed by atoms with Crippen molar-refractivity contribution in [3.8, 4) is 0 Å². The van der Waals surface area contributed by atoms with Crippen molar-refractivity contribution in [3.63, 3.8) is 0 Å². The normalized spacial score (nSPS) is 10.6. The van der Waals surface area contributed by atoms with Crippen LogP contribution in [-0.4, -0.2) is 16.1 Å². The van der Waals surface area contributed by atoms with E-state index in [4.69, 9.17) is 5.11 Å². The number of aromatic nitrogens is 1. The lowest BCUT2D eigenvalue weighted by atomic mass is 10.1. The maximum absolute atomic E-state index is 11.1. The largest absolute Gasteiger partial charge is 0.476 e. The predicted octanol–water partition coefficient (Wildman–Crippen LogP) is 3.71. The first-order valence-electron chi connectivity index (χ1n) is 5.64. The number of para-hydroxylation sites is 1. The summed E-state index contributed by atoms with van der Waals surface area (Å²) in [5.41, 5.74) is 1.05. The molecule has 5 heteroatoms. The number of nitrogens with one attached hydrogen (secondary N) is 1. The van der Waals surface area contributed by atoms with Crippen LogP contribution in [-0.2, 0) is 0 Å². The molecule has 2 rings (SSSR count). The van der Waals surface area contributed by atoms with Crippen LogP contribution in [0.5, 0.6) is 0 Å². The van der Waals surface area contributed by atoms with Gasteiger partial charge >= 0.3 is 5.97 Å². The molecule has 0 saturated carbocycles. The number of carboxylic acids is 1. The summed E-state index contributed by atoms with van der Waals surface area (Å²) in [4.78, 5) is 16.0. The van der Waals surface area contributed by atoms with Gasteiger partial charge in [0.05, 0.1) is 0 Å². The number of carboxylic acid groups (broad SMARTS) is 1. The number of rotatable bonds is 4. The molecule has 0 amide bonds. The number of hydrogen-bond acceptors (Lipinski definition) is 4. The SMILES string of the molecule is CC(C)c1sc(Nc2ccccc2)nc1C(=O)O. The number of carbonyl (C=O) groups is 1. The number of thiazole rings is 1. The molecule has 1 heterocycles. The van der Waals surface area contributed by atoms with Crippen molar-refractivity contribution < 1.29 is 9.90 Å². The van der Waals surface area contributed by atoms with E-state index in [-0.39, 0.29) is 11.6 Å². The Balaban J connectivity index is 2.30. The number of aromatic carboxylic acids is 1. The molecule has 0 fully saturated rings. The molecule has 1 aromatic heterocycles. The first-order valence-corrected chi connectivity index (χ1v) is 6.45. The van der Waals surface area contributed by atoms with Gasteiger partial charge in [-0.15, -0.1) is 11.3 Å². The minimum Gasteiger partial charge on any atom is -0.476 e. The summed E-state index contributed by atoms with van der Waals surface area (Å²) in [6, 6.07) is 9.58. The van der Waals surface area contributed by atoms with Crippen LogP contribution >= 0.6 is 11.3 Å². The van der Waals surface area contributed by atoms with Crippen molar-refractivity contribution >= 4 is 28.1 Å². The van der Waals surface area contributed by atoms with Gasteiger partial charge in [-0.2, -0.15) is 0 Å². The van der Waals surface area contributed by atoms with Crippen molar-refractivity contribution in [2.75, 3.05) is 5.32 Å². The highest BCUT2D eigenvalue weighted by Crippen LogP contribution is 2.31. The average molecular weight is 262 g/mol. The smallest absolute Gasteiger partial charge is 0.355 e. The Bertz CT molecular complexity index is 549. The highest BCUT2D eigenvalue weighted by Gasteiger charge is 2.19. The van der Waals surface area contributed by atoms with Crippen LogP contribution in [0.1, 0.15) is 35.1 Å². The average Bonchev–Trinajstić information content (AvgIpc) is 2.74. The van der Waals surface area contributed by atoms with E-state index in [1.54, 1.807) is 0 Å². The Morgan fingerprint density at radius 1 is 1.33 bits per heavy atom. The topological polar surface area (TPSA) is 62.2 Å². The minimum atomic E-state index is -0.976. The minimum absolute atomic E-state index is 0.147. The molecule has 0 aliphatic heterocycles. The van der Waals surface area contributed by atoms with E-state index in [0.29, 0.717) is 5.13 Å². The van der Waals surface area contributed by atoms with E-state index in [1.165, 1.54) is 11.3 Å². The summed E-state index contributed by atoms with van der Waals surface area (Å²) in [5, 5.41) is 12.8. The molecule has 0 unspecified atom stereocenters. The summed E-state index contributed by atoms with van der Waals surface area (Å²) >= 11 is 1.39. The summed E-state index contributed by atoms with van der Waals surface area (Å²) < 4.78 is 0. The zero-order valence-electron chi connectivity index (χ0n) is 10.2. The second kappa shape index (κ2) is 5.18. The number of nitrogens with zero attached hydrogens (tertiary/aromatic N) is 1.